The van der Waals surface area contributed by atoms with E-state index in [2.05, 4.69) is 82.3 Å². The van der Waals surface area contributed by atoms with E-state index in [0.717, 1.165) is 33.6 Å². The van der Waals surface area contributed by atoms with E-state index in [4.69, 9.17) is 4.99 Å². The average molecular weight is 507 g/mol. The number of rotatable bonds is 6. The van der Waals surface area contributed by atoms with Crippen molar-refractivity contribution >= 4 is 45.0 Å². The van der Waals surface area contributed by atoms with Crippen LogP contribution in [0.5, 0.6) is 0 Å². The van der Waals surface area contributed by atoms with Gasteiger partial charge in [0.15, 0.2) is 5.17 Å². The van der Waals surface area contributed by atoms with Crippen molar-refractivity contribution < 1.29 is 4.79 Å². The molecule has 0 fully saturated rings. The van der Waals surface area contributed by atoms with Crippen molar-refractivity contribution in [1.82, 2.24) is 5.32 Å². The van der Waals surface area contributed by atoms with Crippen molar-refractivity contribution in [1.29, 1.82) is 0 Å². The number of para-hydroxylation sites is 1. The lowest BCUT2D eigenvalue weighted by Crippen LogP contribution is -2.32. The Morgan fingerprint density at radius 1 is 0.919 bits per heavy atom. The summed E-state index contributed by atoms with van der Waals surface area (Å²) in [5.74, 6) is 0.623. The molecule has 5 nitrogen and oxygen atoms in total. The summed E-state index contributed by atoms with van der Waals surface area (Å²) in [7, 11) is 4.03. The Labute approximate surface area is 222 Å². The molecule has 37 heavy (non-hydrogen) atoms. The molecule has 6 heteroatoms. The van der Waals surface area contributed by atoms with Crippen LogP contribution >= 0.6 is 11.8 Å². The van der Waals surface area contributed by atoms with Crippen molar-refractivity contribution in [2.24, 2.45) is 4.99 Å². The Balaban J connectivity index is 1.44. The van der Waals surface area contributed by atoms with Gasteiger partial charge in [0, 0.05) is 36.9 Å². The first-order valence-electron chi connectivity index (χ1n) is 12.3. The predicted octanol–water partition coefficient (Wildman–Crippen LogP) is 6.75. The third-order valence-electron chi connectivity index (χ3n) is 6.46. The molecule has 0 saturated heterocycles. The molecule has 1 amide bonds. The summed E-state index contributed by atoms with van der Waals surface area (Å²) in [6.45, 7) is 1.95. The molecule has 2 N–H and O–H groups in total. The molecule has 1 heterocycles. The minimum atomic E-state index is -0.406. The second-order valence-electron chi connectivity index (χ2n) is 9.23. The molecule has 4 aromatic carbocycles. The molecule has 4 aromatic rings. The number of thioether (sulfide) groups is 1. The number of hydrogen-bond acceptors (Lipinski definition) is 5. The lowest BCUT2D eigenvalue weighted by Gasteiger charge is -2.27. The van der Waals surface area contributed by atoms with Gasteiger partial charge in [-0.2, -0.15) is 0 Å². The van der Waals surface area contributed by atoms with E-state index in [1.807, 2.05) is 51.4 Å². The fourth-order valence-electron chi connectivity index (χ4n) is 4.50. The second kappa shape index (κ2) is 10.9. The van der Waals surface area contributed by atoms with Gasteiger partial charge < -0.3 is 15.5 Å². The molecule has 1 atom stereocenters. The highest BCUT2D eigenvalue weighted by Crippen LogP contribution is 2.34. The number of nitrogens with zero attached hydrogens (tertiary/aromatic N) is 2. The number of anilines is 2. The van der Waals surface area contributed by atoms with E-state index in [1.165, 1.54) is 16.3 Å². The summed E-state index contributed by atoms with van der Waals surface area (Å²) >= 11 is 1.66. The normalized spacial score (nSPS) is 15.2. The van der Waals surface area contributed by atoms with Gasteiger partial charge in [0.05, 0.1) is 5.57 Å². The smallest absolute Gasteiger partial charge is 0.255 e. The number of carbonyl (C=O) groups excluding carboxylic acids is 1. The highest BCUT2D eigenvalue weighted by molar-refractivity contribution is 8.13. The highest BCUT2D eigenvalue weighted by Gasteiger charge is 2.29. The van der Waals surface area contributed by atoms with Crippen LogP contribution in [0.15, 0.2) is 113 Å². The number of allylic oxidation sites excluding steroid dienone is 1. The Hall–Kier alpha value is -4.03. The number of nitrogens with one attached hydrogen (secondary N) is 2. The van der Waals surface area contributed by atoms with Gasteiger partial charge in [0.25, 0.3) is 5.91 Å². The second-order valence-corrected chi connectivity index (χ2v) is 10.2. The molecule has 0 spiro atoms. The number of hydrogen-bond donors (Lipinski definition) is 2. The topological polar surface area (TPSA) is 56.7 Å². The van der Waals surface area contributed by atoms with Gasteiger partial charge in [-0.05, 0) is 53.1 Å². The van der Waals surface area contributed by atoms with Gasteiger partial charge in [-0.25, -0.2) is 4.99 Å². The molecule has 0 unspecified atom stereocenters. The lowest BCUT2D eigenvalue weighted by molar-refractivity contribution is -0.113. The van der Waals surface area contributed by atoms with Crippen molar-refractivity contribution in [3.05, 3.63) is 119 Å². The van der Waals surface area contributed by atoms with E-state index < -0.39 is 6.04 Å². The molecule has 186 valence electrons. The molecular weight excluding hydrogens is 476 g/mol. The standard InChI is InChI=1S/C31H30N4OS/c1-21-28(30(36)33-25-13-5-4-6-14-25)29(23-16-18-26(19-17-23)35(2)3)34-31(32-21)37-20-24-12-9-11-22-10-7-8-15-27(22)24/h4-19,29H,20H2,1-3H3,(H,32,34)(H,33,36)/t29-/m0/s1. The Bertz CT molecular complexity index is 1470. The number of aliphatic imine (C=N–C) groups is 1. The van der Waals surface area contributed by atoms with Crippen molar-refractivity contribution in [3.63, 3.8) is 0 Å². The zero-order chi connectivity index (χ0) is 25.8. The first-order valence-corrected chi connectivity index (χ1v) is 13.3. The van der Waals surface area contributed by atoms with Crippen molar-refractivity contribution in [2.45, 2.75) is 18.7 Å². The van der Waals surface area contributed by atoms with Crippen LogP contribution in [0.25, 0.3) is 10.8 Å². The molecule has 0 bridgehead atoms. The monoisotopic (exact) mass is 506 g/mol. The van der Waals surface area contributed by atoms with E-state index in [-0.39, 0.29) is 5.91 Å². The van der Waals surface area contributed by atoms with Crippen LogP contribution < -0.4 is 15.5 Å². The SMILES string of the molecule is CC1=C(C(=O)Nc2ccccc2)[C@H](c2ccc(N(C)C)cc2)N=C(SCc2cccc3ccccc23)N1. The molecule has 1 aliphatic rings. The third kappa shape index (κ3) is 5.54. The van der Waals surface area contributed by atoms with E-state index in [0.29, 0.717) is 5.57 Å². The minimum Gasteiger partial charge on any atom is -0.378 e. The van der Waals surface area contributed by atoms with Crippen molar-refractivity contribution in [3.8, 4) is 0 Å². The van der Waals surface area contributed by atoms with Crippen LogP contribution in [0.2, 0.25) is 0 Å². The van der Waals surface area contributed by atoms with Gasteiger partial charge in [-0.1, -0.05) is 84.6 Å². The largest absolute Gasteiger partial charge is 0.378 e. The maximum Gasteiger partial charge on any atom is 0.255 e. The highest BCUT2D eigenvalue weighted by atomic mass is 32.2. The molecule has 0 aromatic heterocycles. The van der Waals surface area contributed by atoms with Gasteiger partial charge in [-0.3, -0.25) is 4.79 Å². The van der Waals surface area contributed by atoms with E-state index in [9.17, 15) is 4.79 Å². The number of fused-ring (bicyclic) bond motifs is 1. The summed E-state index contributed by atoms with van der Waals surface area (Å²) in [6, 6.07) is 32.2. The Morgan fingerprint density at radius 2 is 1.62 bits per heavy atom. The van der Waals surface area contributed by atoms with Gasteiger partial charge in [0.1, 0.15) is 6.04 Å². The molecule has 0 aliphatic carbocycles. The van der Waals surface area contributed by atoms with Crippen molar-refractivity contribution in [2.75, 3.05) is 24.3 Å². The summed E-state index contributed by atoms with van der Waals surface area (Å²) in [5, 5.41) is 9.74. The van der Waals surface area contributed by atoms with Crippen LogP contribution in [0, 0.1) is 0 Å². The van der Waals surface area contributed by atoms with Crippen LogP contribution in [-0.2, 0) is 10.5 Å². The number of carbonyl (C=O) groups is 1. The molecule has 1 aliphatic heterocycles. The molecular formula is C31H30N4OS. The quantitative estimate of drug-likeness (QED) is 0.304. The van der Waals surface area contributed by atoms with E-state index >= 15 is 0 Å². The number of amides is 1. The first-order chi connectivity index (χ1) is 18.0. The predicted molar refractivity (Wildman–Crippen MR) is 157 cm³/mol. The van der Waals surface area contributed by atoms with Gasteiger partial charge in [0.2, 0.25) is 0 Å². The van der Waals surface area contributed by atoms with Crippen LogP contribution in [0.1, 0.15) is 24.1 Å². The van der Waals surface area contributed by atoms with Crippen LogP contribution in [-0.4, -0.2) is 25.2 Å². The Morgan fingerprint density at radius 3 is 2.38 bits per heavy atom. The first kappa shape index (κ1) is 24.7. The van der Waals surface area contributed by atoms with E-state index in [1.54, 1.807) is 11.8 Å². The summed E-state index contributed by atoms with van der Waals surface area (Å²) in [6.07, 6.45) is 0. The van der Waals surface area contributed by atoms with Crippen LogP contribution in [0.3, 0.4) is 0 Å². The summed E-state index contributed by atoms with van der Waals surface area (Å²) < 4.78 is 0. The third-order valence-corrected chi connectivity index (χ3v) is 7.40. The Kier molecular flexibility index (Phi) is 7.28. The maximum atomic E-state index is 13.5. The molecule has 0 radical (unpaired) electrons. The summed E-state index contributed by atoms with van der Waals surface area (Å²) in [5.41, 5.74) is 5.53. The molecule has 5 rings (SSSR count). The summed E-state index contributed by atoms with van der Waals surface area (Å²) in [4.78, 5) is 20.6. The number of benzene rings is 4. The van der Waals surface area contributed by atoms with Crippen LogP contribution in [0.4, 0.5) is 11.4 Å². The number of amidine groups is 1. The molecule has 0 saturated carbocycles. The van der Waals surface area contributed by atoms with Gasteiger partial charge >= 0.3 is 0 Å². The van der Waals surface area contributed by atoms with Gasteiger partial charge in [-0.15, -0.1) is 0 Å². The lowest BCUT2D eigenvalue weighted by atomic mass is 9.95. The zero-order valence-electron chi connectivity index (χ0n) is 21.2. The zero-order valence-corrected chi connectivity index (χ0v) is 22.0. The fraction of sp³-hybridized carbons (Fsp3) is 0.161. The minimum absolute atomic E-state index is 0.153. The fourth-order valence-corrected chi connectivity index (χ4v) is 5.44. The maximum absolute atomic E-state index is 13.5. The average Bonchev–Trinajstić information content (AvgIpc) is 2.92.